The van der Waals surface area contributed by atoms with Crippen LogP contribution in [-0.4, -0.2) is 46.0 Å². The van der Waals surface area contributed by atoms with E-state index in [0.717, 1.165) is 16.7 Å². The second-order valence-corrected chi connectivity index (χ2v) is 6.43. The Morgan fingerprint density at radius 2 is 1.88 bits per heavy atom. The van der Waals surface area contributed by atoms with E-state index in [9.17, 15) is 17.6 Å². The molecule has 0 bridgehead atoms. The molecule has 0 atom stereocenters. The van der Waals surface area contributed by atoms with E-state index in [1.165, 1.54) is 6.33 Å². The Labute approximate surface area is 140 Å². The van der Waals surface area contributed by atoms with Gasteiger partial charge in [0.2, 0.25) is 0 Å². The molecule has 2 aromatic rings. The Balaban J connectivity index is 1.59. The third-order valence-corrected chi connectivity index (χ3v) is 4.65. The van der Waals surface area contributed by atoms with E-state index in [0.29, 0.717) is 43.4 Å². The third-order valence-electron chi connectivity index (χ3n) is 3.82. The van der Waals surface area contributed by atoms with Crippen molar-refractivity contribution < 1.29 is 17.6 Å². The zero-order valence-electron chi connectivity index (χ0n) is 12.8. The standard InChI is InChI=1S/C14H15F4N5S/c1-9-12(15)13(20-8-19-9)23-4-2-22(3-5-23)6-11-21-10(7-24-11)14(16,17)18/h7-8H,2-6H2,1H3. The largest absolute Gasteiger partial charge is 0.434 e. The lowest BCUT2D eigenvalue weighted by Gasteiger charge is -2.35. The first-order valence-corrected chi connectivity index (χ1v) is 8.18. The molecule has 0 amide bonds. The van der Waals surface area contributed by atoms with Gasteiger partial charge in [0.25, 0.3) is 0 Å². The van der Waals surface area contributed by atoms with E-state index in [2.05, 4.69) is 15.0 Å². The van der Waals surface area contributed by atoms with Crippen LogP contribution in [0.15, 0.2) is 11.7 Å². The summed E-state index contributed by atoms with van der Waals surface area (Å²) in [6.07, 6.45) is -3.08. The summed E-state index contributed by atoms with van der Waals surface area (Å²) in [6, 6.07) is 0. The van der Waals surface area contributed by atoms with Crippen molar-refractivity contribution in [1.82, 2.24) is 19.9 Å². The molecule has 10 heteroatoms. The van der Waals surface area contributed by atoms with Crippen molar-refractivity contribution in [3.63, 3.8) is 0 Å². The molecule has 0 aliphatic carbocycles. The Morgan fingerprint density at radius 1 is 1.17 bits per heavy atom. The fourth-order valence-electron chi connectivity index (χ4n) is 2.49. The monoisotopic (exact) mass is 361 g/mol. The van der Waals surface area contributed by atoms with Crippen molar-refractivity contribution in [3.05, 3.63) is 33.9 Å². The molecule has 130 valence electrons. The van der Waals surface area contributed by atoms with Crippen LogP contribution in [0.4, 0.5) is 23.4 Å². The minimum atomic E-state index is -4.41. The average Bonchev–Trinajstić information content (AvgIpc) is 3.00. The first-order valence-electron chi connectivity index (χ1n) is 7.30. The summed E-state index contributed by atoms with van der Waals surface area (Å²) in [5.74, 6) is -0.156. The van der Waals surface area contributed by atoms with Crippen LogP contribution in [0.2, 0.25) is 0 Å². The molecule has 1 aliphatic heterocycles. The number of alkyl halides is 3. The number of halogens is 4. The SMILES string of the molecule is Cc1ncnc(N2CCN(Cc3nc(C(F)(F)F)cs3)CC2)c1F. The summed E-state index contributed by atoms with van der Waals surface area (Å²) in [7, 11) is 0. The lowest BCUT2D eigenvalue weighted by molar-refractivity contribution is -0.140. The molecule has 5 nitrogen and oxygen atoms in total. The van der Waals surface area contributed by atoms with Crippen LogP contribution in [0.5, 0.6) is 0 Å². The van der Waals surface area contributed by atoms with E-state index < -0.39 is 17.7 Å². The van der Waals surface area contributed by atoms with Gasteiger partial charge in [-0.05, 0) is 6.92 Å². The summed E-state index contributed by atoms with van der Waals surface area (Å²) in [4.78, 5) is 15.3. The Bertz CT molecular complexity index is 709. The lowest BCUT2D eigenvalue weighted by Crippen LogP contribution is -2.46. The topological polar surface area (TPSA) is 45.2 Å². The summed E-state index contributed by atoms with van der Waals surface area (Å²) in [6.45, 7) is 4.24. The van der Waals surface area contributed by atoms with Gasteiger partial charge in [-0.3, -0.25) is 4.90 Å². The van der Waals surface area contributed by atoms with Gasteiger partial charge in [-0.25, -0.2) is 19.3 Å². The number of piperazine rings is 1. The maximum Gasteiger partial charge on any atom is 0.434 e. The predicted octanol–water partition coefficient (Wildman–Crippen LogP) is 2.72. The number of rotatable bonds is 3. The number of anilines is 1. The van der Waals surface area contributed by atoms with Gasteiger partial charge in [0.15, 0.2) is 17.3 Å². The number of hydrogen-bond donors (Lipinski definition) is 0. The van der Waals surface area contributed by atoms with E-state index >= 15 is 0 Å². The van der Waals surface area contributed by atoms with Gasteiger partial charge in [-0.2, -0.15) is 13.2 Å². The van der Waals surface area contributed by atoms with Crippen LogP contribution in [0.25, 0.3) is 0 Å². The van der Waals surface area contributed by atoms with Crippen LogP contribution in [0.1, 0.15) is 16.4 Å². The minimum absolute atomic E-state index is 0.274. The van der Waals surface area contributed by atoms with Crippen molar-refractivity contribution in [2.75, 3.05) is 31.1 Å². The molecule has 0 unspecified atom stereocenters. The molecular weight excluding hydrogens is 346 g/mol. The van der Waals surface area contributed by atoms with Crippen LogP contribution in [-0.2, 0) is 12.7 Å². The lowest BCUT2D eigenvalue weighted by atomic mass is 10.3. The van der Waals surface area contributed by atoms with Gasteiger partial charge in [-0.15, -0.1) is 11.3 Å². The third kappa shape index (κ3) is 3.64. The van der Waals surface area contributed by atoms with Gasteiger partial charge < -0.3 is 4.90 Å². The van der Waals surface area contributed by atoms with Crippen molar-refractivity contribution in [2.45, 2.75) is 19.6 Å². The van der Waals surface area contributed by atoms with E-state index in [1.807, 2.05) is 9.80 Å². The van der Waals surface area contributed by atoms with Crippen molar-refractivity contribution in [3.8, 4) is 0 Å². The zero-order chi connectivity index (χ0) is 17.3. The first kappa shape index (κ1) is 17.0. The van der Waals surface area contributed by atoms with E-state index in [4.69, 9.17) is 0 Å². The van der Waals surface area contributed by atoms with Crippen LogP contribution in [0, 0.1) is 12.7 Å². The fourth-order valence-corrected chi connectivity index (χ4v) is 3.33. The number of aryl methyl sites for hydroxylation is 1. The Hall–Kier alpha value is -1.81. The molecule has 0 N–H and O–H groups in total. The van der Waals surface area contributed by atoms with Crippen LogP contribution >= 0.6 is 11.3 Å². The Morgan fingerprint density at radius 3 is 2.50 bits per heavy atom. The molecule has 1 aliphatic rings. The molecular formula is C14H15F4N5S. The molecule has 1 saturated heterocycles. The number of hydrogen-bond acceptors (Lipinski definition) is 6. The summed E-state index contributed by atoms with van der Waals surface area (Å²) >= 11 is 1.00. The number of thiazole rings is 1. The van der Waals surface area contributed by atoms with E-state index in [1.54, 1.807) is 6.92 Å². The second kappa shape index (κ2) is 6.60. The molecule has 0 radical (unpaired) electrons. The van der Waals surface area contributed by atoms with Crippen molar-refractivity contribution in [1.29, 1.82) is 0 Å². The van der Waals surface area contributed by atoms with Gasteiger partial charge in [0.05, 0.1) is 12.2 Å². The molecule has 24 heavy (non-hydrogen) atoms. The number of aromatic nitrogens is 3. The fraction of sp³-hybridized carbons (Fsp3) is 0.500. The summed E-state index contributed by atoms with van der Waals surface area (Å²) in [5.41, 5.74) is -0.551. The first-order chi connectivity index (χ1) is 11.3. The van der Waals surface area contributed by atoms with Crippen LogP contribution in [0.3, 0.4) is 0 Å². The van der Waals surface area contributed by atoms with Gasteiger partial charge >= 0.3 is 6.18 Å². The molecule has 2 aromatic heterocycles. The average molecular weight is 361 g/mol. The van der Waals surface area contributed by atoms with Gasteiger partial charge in [0, 0.05) is 31.6 Å². The zero-order valence-corrected chi connectivity index (χ0v) is 13.7. The highest BCUT2D eigenvalue weighted by atomic mass is 32.1. The normalized spacial score (nSPS) is 16.6. The van der Waals surface area contributed by atoms with Crippen molar-refractivity contribution in [2.24, 2.45) is 0 Å². The highest BCUT2D eigenvalue weighted by Gasteiger charge is 2.34. The summed E-state index contributed by atoms with van der Waals surface area (Å²) in [5, 5.41) is 1.46. The maximum atomic E-state index is 14.0. The Kier molecular flexibility index (Phi) is 4.68. The quantitative estimate of drug-likeness (QED) is 0.787. The molecule has 3 heterocycles. The highest BCUT2D eigenvalue weighted by Crippen LogP contribution is 2.30. The van der Waals surface area contributed by atoms with Crippen LogP contribution < -0.4 is 4.90 Å². The predicted molar refractivity (Wildman–Crippen MR) is 81.3 cm³/mol. The molecule has 0 aromatic carbocycles. The minimum Gasteiger partial charge on any atom is -0.352 e. The van der Waals surface area contributed by atoms with Gasteiger partial charge in [0.1, 0.15) is 11.3 Å². The molecule has 0 spiro atoms. The molecule has 0 saturated carbocycles. The maximum absolute atomic E-state index is 14.0. The van der Waals surface area contributed by atoms with Gasteiger partial charge in [-0.1, -0.05) is 0 Å². The van der Waals surface area contributed by atoms with Crippen molar-refractivity contribution >= 4 is 17.2 Å². The second-order valence-electron chi connectivity index (χ2n) is 5.48. The van der Waals surface area contributed by atoms with E-state index in [-0.39, 0.29) is 5.82 Å². The molecule has 1 fully saturated rings. The number of nitrogens with zero attached hydrogens (tertiary/aromatic N) is 5. The smallest absolute Gasteiger partial charge is 0.352 e. The highest BCUT2D eigenvalue weighted by molar-refractivity contribution is 7.09. The summed E-state index contributed by atoms with van der Waals surface area (Å²) < 4.78 is 51.7. The molecule has 3 rings (SSSR count).